The van der Waals surface area contributed by atoms with Crippen LogP contribution in [0.25, 0.3) is 32.3 Å². The minimum absolute atomic E-state index is 0.170. The van der Waals surface area contributed by atoms with E-state index in [0.717, 1.165) is 73.4 Å². The molecule has 0 aromatic heterocycles. The van der Waals surface area contributed by atoms with Crippen LogP contribution < -0.4 is 19.6 Å². The lowest BCUT2D eigenvalue weighted by Crippen LogP contribution is -2.22. The van der Waals surface area contributed by atoms with Gasteiger partial charge >= 0.3 is 0 Å². The maximum absolute atomic E-state index is 2.78. The van der Waals surface area contributed by atoms with Crippen molar-refractivity contribution < 1.29 is 0 Å². The largest absolute Gasteiger partial charge is 0.309 e. The van der Waals surface area contributed by atoms with Gasteiger partial charge in [-0.15, -0.1) is 0 Å². The Morgan fingerprint density at radius 1 is 0.178 bits per heavy atom. The molecule has 0 bridgehead atoms. The fourth-order valence-corrected chi connectivity index (χ4v) is 17.7. The van der Waals surface area contributed by atoms with Crippen molar-refractivity contribution in [2.24, 2.45) is 0 Å². The highest BCUT2D eigenvalue weighted by atomic mass is 15.2. The Kier molecular flexibility index (Phi) is 24.0. The Hall–Kier alpha value is -9.12. The molecule has 622 valence electrons. The quantitative estimate of drug-likeness (QED) is 0.0748. The number of nitrogens with zero attached hydrogens (tertiary/aromatic N) is 4. The van der Waals surface area contributed by atoms with Crippen LogP contribution in [0.5, 0.6) is 0 Å². The summed E-state index contributed by atoms with van der Waals surface area (Å²) in [6, 6.07) is 75.1. The molecule has 0 N–H and O–H groups in total. The van der Waals surface area contributed by atoms with Crippen molar-refractivity contribution >= 4 is 101 Å². The number of hydrogen-bond acceptors (Lipinski definition) is 4. The van der Waals surface area contributed by atoms with E-state index in [9.17, 15) is 0 Å². The molecule has 0 spiro atoms. The molecule has 12 rings (SSSR count). The van der Waals surface area contributed by atoms with Crippen molar-refractivity contribution in [2.45, 2.75) is 329 Å². The lowest BCUT2D eigenvalue weighted by atomic mass is 9.79. The molecule has 4 nitrogen and oxygen atoms in total. The highest BCUT2D eigenvalue weighted by Crippen LogP contribution is 2.59. The molecule has 0 aliphatic heterocycles. The maximum atomic E-state index is 2.78. The molecule has 0 aliphatic carbocycles. The second kappa shape index (κ2) is 32.1. The predicted octanol–water partition coefficient (Wildman–Crippen LogP) is 34.1. The minimum atomic E-state index is -0.191. The van der Waals surface area contributed by atoms with E-state index in [1.807, 2.05) is 0 Å². The van der Waals surface area contributed by atoms with Crippen molar-refractivity contribution in [3.05, 3.63) is 271 Å². The van der Waals surface area contributed by atoms with Gasteiger partial charge in [-0.25, -0.2) is 0 Å². The van der Waals surface area contributed by atoms with E-state index in [-0.39, 0.29) is 48.7 Å². The van der Waals surface area contributed by atoms with E-state index in [1.165, 1.54) is 161 Å². The van der Waals surface area contributed by atoms with Crippen LogP contribution in [0, 0.1) is 0 Å². The lowest BCUT2D eigenvalue weighted by Gasteiger charge is -2.38. The Balaban J connectivity index is 1.49. The summed E-state index contributed by atoms with van der Waals surface area (Å²) >= 11 is 0. The van der Waals surface area contributed by atoms with Gasteiger partial charge in [0.1, 0.15) is 0 Å². The Morgan fingerprint density at radius 2 is 0.373 bits per heavy atom. The topological polar surface area (TPSA) is 13.0 Å². The van der Waals surface area contributed by atoms with E-state index in [2.05, 4.69) is 437 Å². The first-order chi connectivity index (χ1) is 54.9. The summed E-state index contributed by atoms with van der Waals surface area (Å²) in [6.45, 7) is 81.4. The molecule has 12 aromatic carbocycles. The summed E-state index contributed by atoms with van der Waals surface area (Å²) in [5.41, 5.74) is 33.6. The number of aryl methyl sites for hydroxylation is 7. The fraction of sp³-hybridized carbons (Fsp3) is 0.439. The normalized spacial score (nSPS) is 13.1. The van der Waals surface area contributed by atoms with Crippen LogP contribution >= 0.6 is 0 Å². The second-order valence-electron chi connectivity index (χ2n) is 43.7. The van der Waals surface area contributed by atoms with Gasteiger partial charge in [-0.3, -0.25) is 0 Å². The van der Waals surface area contributed by atoms with Gasteiger partial charge in [0.25, 0.3) is 0 Å². The molecule has 0 heterocycles. The number of rotatable bonds is 19. The highest BCUT2D eigenvalue weighted by molar-refractivity contribution is 6.33. The highest BCUT2D eigenvalue weighted by Gasteiger charge is 2.37. The maximum Gasteiger partial charge on any atom is 0.0561 e. The first kappa shape index (κ1) is 88.2. The van der Waals surface area contributed by atoms with Gasteiger partial charge in [0, 0.05) is 60.8 Å². The van der Waals surface area contributed by atoms with Crippen molar-refractivity contribution in [3.63, 3.8) is 0 Å². The monoisotopic (exact) mass is 1570 g/mol. The fourth-order valence-electron chi connectivity index (χ4n) is 17.7. The number of para-hydroxylation sites is 3. The smallest absolute Gasteiger partial charge is 0.0561 e. The number of benzene rings is 12. The third-order valence-corrected chi connectivity index (χ3v) is 25.5. The van der Waals surface area contributed by atoms with Gasteiger partial charge in [0.2, 0.25) is 0 Å². The van der Waals surface area contributed by atoms with E-state index >= 15 is 0 Å². The van der Waals surface area contributed by atoms with Crippen molar-refractivity contribution in [3.8, 4) is 0 Å². The molecule has 0 atom stereocenters. The minimum Gasteiger partial charge on any atom is -0.309 e. The third-order valence-electron chi connectivity index (χ3n) is 25.5. The zero-order chi connectivity index (χ0) is 86.6. The number of hydrogen-bond donors (Lipinski definition) is 0. The van der Waals surface area contributed by atoms with E-state index in [0.29, 0.717) is 0 Å². The molecule has 0 saturated heterocycles. The predicted molar refractivity (Wildman–Crippen MR) is 523 cm³/mol. The Bertz CT molecular complexity index is 5350. The summed E-state index contributed by atoms with van der Waals surface area (Å²) in [4.78, 5) is 11.1. The molecule has 0 amide bonds. The van der Waals surface area contributed by atoms with Gasteiger partial charge in [-0.05, 0) is 249 Å². The first-order valence-electron chi connectivity index (χ1n) is 45.0. The Labute approximate surface area is 715 Å². The molecular weight excluding hydrogens is 1430 g/mol. The molecular formula is C114H146N4. The average Bonchev–Trinajstić information content (AvgIpc) is 0.694. The molecule has 12 aromatic rings. The summed E-state index contributed by atoms with van der Waals surface area (Å²) in [6.07, 6.45) is 5.93. The Morgan fingerprint density at radius 3 is 0.568 bits per heavy atom. The standard InChI is InChI=1S/C114H146N4/c1-35-72-51-52-79(106(8,9)10)69-96(72)115(88-61-80(107(11,12)13)57-81(62-88)108(14,15)16)97-70-98(116(103-73(36-2)45-42-46-74(103)37-3)89-63-82(109(17,18)19)58-83(64-89)110(20,21)22)93-55-56-95-100(118(105-77(40-6)49-44-50-78(105)41-7)91-67-86(113(29,30)31)60-87(68-91)114(32,33)34)71-99(94-54-53-92(97)101(93)102(94)95)117(104-75(38-4)47-43-48-76(104)39-5)90-65-84(111(23,24)25)59-85(66-90)112(26,27)28/h42-71H,35-41H2,1-34H3. The average molecular weight is 1570 g/mol. The van der Waals surface area contributed by atoms with Crippen LogP contribution in [0.3, 0.4) is 0 Å². The third kappa shape index (κ3) is 17.2. The summed E-state index contributed by atoms with van der Waals surface area (Å²) in [5.74, 6) is 0. The van der Waals surface area contributed by atoms with E-state index in [1.54, 1.807) is 0 Å². The van der Waals surface area contributed by atoms with Crippen molar-refractivity contribution in [1.29, 1.82) is 0 Å². The second-order valence-corrected chi connectivity index (χ2v) is 43.7. The molecule has 0 fully saturated rings. The SMILES string of the molecule is CCc1ccc(C(C)(C)C)cc1N(c1cc(C(C)(C)C)cc(C(C)(C)C)c1)c1cc(N(c2cc(C(C)(C)C)cc(C(C)(C)C)c2)c2c(CC)cccc2CC)c2ccc3c(N(c4cc(C(C)(C)C)cc(C(C)(C)C)c4)c4c(CC)cccc4CC)cc(N(c4cc(C(C)(C)C)cc(C(C)(C)C)c4)c4c(CC)cccc4CC)c4ccc1c2c43. The molecule has 4 heteroatoms. The zero-order valence-electron chi connectivity index (χ0n) is 79.6. The van der Waals surface area contributed by atoms with Gasteiger partial charge < -0.3 is 19.6 Å². The molecule has 0 saturated carbocycles. The van der Waals surface area contributed by atoms with Gasteiger partial charge in [-0.2, -0.15) is 0 Å². The number of anilines is 12. The molecule has 0 aliphatic rings. The van der Waals surface area contributed by atoms with Gasteiger partial charge in [0.15, 0.2) is 0 Å². The van der Waals surface area contributed by atoms with E-state index in [4.69, 9.17) is 0 Å². The van der Waals surface area contributed by atoms with Gasteiger partial charge in [0.05, 0.1) is 39.8 Å². The van der Waals surface area contributed by atoms with Gasteiger partial charge in [-0.1, -0.05) is 351 Å². The zero-order valence-corrected chi connectivity index (χ0v) is 79.6. The van der Waals surface area contributed by atoms with Crippen molar-refractivity contribution in [1.82, 2.24) is 0 Å². The molecule has 118 heavy (non-hydrogen) atoms. The summed E-state index contributed by atoms with van der Waals surface area (Å²) < 4.78 is 0. The van der Waals surface area contributed by atoms with Crippen LogP contribution in [0.1, 0.15) is 324 Å². The summed E-state index contributed by atoms with van der Waals surface area (Å²) in [5, 5.41) is 7.26. The summed E-state index contributed by atoms with van der Waals surface area (Å²) in [7, 11) is 0. The molecule has 0 unspecified atom stereocenters. The van der Waals surface area contributed by atoms with Crippen molar-refractivity contribution in [2.75, 3.05) is 19.6 Å². The lowest BCUT2D eigenvalue weighted by molar-refractivity contribution is 0.568. The van der Waals surface area contributed by atoms with Crippen LogP contribution in [0.4, 0.5) is 68.2 Å². The van der Waals surface area contributed by atoms with Crippen LogP contribution in [-0.2, 0) is 93.7 Å². The van der Waals surface area contributed by atoms with Crippen LogP contribution in [0.15, 0.2) is 182 Å². The van der Waals surface area contributed by atoms with E-state index < -0.39 is 0 Å². The first-order valence-corrected chi connectivity index (χ1v) is 45.0. The van der Waals surface area contributed by atoms with Crippen LogP contribution in [-0.4, -0.2) is 0 Å². The molecule has 0 radical (unpaired) electrons. The van der Waals surface area contributed by atoms with Crippen LogP contribution in [0.2, 0.25) is 0 Å².